The number of carbonyl (C=O) groups excluding carboxylic acids is 1. The molecule has 0 fully saturated rings. The van der Waals surface area contributed by atoms with Crippen molar-refractivity contribution in [3.63, 3.8) is 0 Å². The number of allylic oxidation sites excluding steroid dienone is 1. The molecule has 0 radical (unpaired) electrons. The van der Waals surface area contributed by atoms with Gasteiger partial charge in [-0.25, -0.2) is 4.79 Å². The van der Waals surface area contributed by atoms with Gasteiger partial charge in [-0.05, 0) is 31.9 Å². The Morgan fingerprint density at radius 1 is 0.857 bits per heavy atom. The maximum Gasteiger partial charge on any atom is 0.120 e. The monoisotopic (exact) mass is 197 g/mol. The minimum atomic E-state index is 0.831. The number of rotatable bonds is 10. The van der Waals surface area contributed by atoms with Crippen molar-refractivity contribution in [3.05, 3.63) is 6.08 Å². The van der Waals surface area contributed by atoms with E-state index in [9.17, 15) is 4.79 Å². The van der Waals surface area contributed by atoms with Crippen molar-refractivity contribution in [1.29, 1.82) is 0 Å². The fourth-order valence-corrected chi connectivity index (χ4v) is 1.51. The minimum Gasteiger partial charge on any atom is -0.330 e. The van der Waals surface area contributed by atoms with Gasteiger partial charge < -0.3 is 5.73 Å². The van der Waals surface area contributed by atoms with Crippen LogP contribution in [-0.4, -0.2) is 12.5 Å². The maximum absolute atomic E-state index is 9.85. The molecule has 2 heteroatoms. The topological polar surface area (TPSA) is 43.1 Å². The van der Waals surface area contributed by atoms with Gasteiger partial charge in [0.15, 0.2) is 0 Å². The average molecular weight is 197 g/mol. The number of unbranched alkanes of at least 4 members (excludes halogenated alkanes) is 8. The quantitative estimate of drug-likeness (QED) is 0.432. The van der Waals surface area contributed by atoms with E-state index >= 15 is 0 Å². The second-order valence-electron chi connectivity index (χ2n) is 3.73. The van der Waals surface area contributed by atoms with E-state index < -0.39 is 0 Å². The lowest BCUT2D eigenvalue weighted by atomic mass is 10.1. The number of nitrogens with two attached hydrogens (primary N) is 1. The lowest BCUT2D eigenvalue weighted by Gasteiger charge is -2.00. The van der Waals surface area contributed by atoms with E-state index in [0.717, 1.165) is 19.4 Å². The fourth-order valence-electron chi connectivity index (χ4n) is 1.51. The first-order chi connectivity index (χ1) is 6.91. The van der Waals surface area contributed by atoms with E-state index in [1.807, 2.05) is 0 Å². The third kappa shape index (κ3) is 11.4. The molecule has 0 saturated carbocycles. The molecule has 0 aliphatic carbocycles. The Balaban J connectivity index is 2.88. The molecule has 0 unspecified atom stereocenters. The summed E-state index contributed by atoms with van der Waals surface area (Å²) in [6, 6.07) is 0. The summed E-state index contributed by atoms with van der Waals surface area (Å²) in [4.78, 5) is 9.85. The summed E-state index contributed by atoms with van der Waals surface area (Å²) < 4.78 is 0. The van der Waals surface area contributed by atoms with Crippen molar-refractivity contribution in [3.8, 4) is 0 Å². The van der Waals surface area contributed by atoms with Crippen molar-refractivity contribution in [1.82, 2.24) is 0 Å². The van der Waals surface area contributed by atoms with Gasteiger partial charge in [-0.2, -0.15) is 0 Å². The average Bonchev–Trinajstić information content (AvgIpc) is 2.21. The third-order valence-electron chi connectivity index (χ3n) is 2.39. The van der Waals surface area contributed by atoms with E-state index in [-0.39, 0.29) is 0 Å². The highest BCUT2D eigenvalue weighted by Gasteiger charge is 1.90. The lowest BCUT2D eigenvalue weighted by molar-refractivity contribution is 0.563. The van der Waals surface area contributed by atoms with Gasteiger partial charge >= 0.3 is 0 Å². The smallest absolute Gasteiger partial charge is 0.120 e. The Morgan fingerprint density at radius 2 is 1.36 bits per heavy atom. The predicted molar refractivity (Wildman–Crippen MR) is 60.9 cm³/mol. The van der Waals surface area contributed by atoms with Crippen molar-refractivity contribution in [2.45, 2.75) is 57.8 Å². The number of hydrogen-bond donors (Lipinski definition) is 1. The van der Waals surface area contributed by atoms with Gasteiger partial charge in [0.05, 0.1) is 0 Å². The van der Waals surface area contributed by atoms with Crippen molar-refractivity contribution in [2.75, 3.05) is 6.54 Å². The van der Waals surface area contributed by atoms with E-state index in [1.54, 1.807) is 12.0 Å². The molecule has 0 aromatic heterocycles. The standard InChI is InChI=1S/C12H23NO/c13-11-9-7-5-3-1-2-4-6-8-10-12-14/h10H,1-9,11,13H2. The summed E-state index contributed by atoms with van der Waals surface area (Å²) in [7, 11) is 0. The molecule has 0 bridgehead atoms. The first kappa shape index (κ1) is 13.4. The first-order valence-electron chi connectivity index (χ1n) is 5.81. The van der Waals surface area contributed by atoms with Crippen molar-refractivity contribution in [2.24, 2.45) is 5.73 Å². The second kappa shape index (κ2) is 12.4. The van der Waals surface area contributed by atoms with Crippen molar-refractivity contribution < 1.29 is 4.79 Å². The highest BCUT2D eigenvalue weighted by Crippen LogP contribution is 2.09. The van der Waals surface area contributed by atoms with Crippen LogP contribution in [0.2, 0.25) is 0 Å². The largest absolute Gasteiger partial charge is 0.330 e. The Morgan fingerprint density at radius 3 is 1.86 bits per heavy atom. The molecule has 0 amide bonds. The summed E-state index contributed by atoms with van der Waals surface area (Å²) >= 11 is 0. The van der Waals surface area contributed by atoms with Crippen LogP contribution in [0.4, 0.5) is 0 Å². The minimum absolute atomic E-state index is 0.831. The Hall–Kier alpha value is -0.590. The molecule has 0 rings (SSSR count). The summed E-state index contributed by atoms with van der Waals surface area (Å²) in [5, 5.41) is 0. The van der Waals surface area contributed by atoms with Crippen LogP contribution in [0.15, 0.2) is 6.08 Å². The van der Waals surface area contributed by atoms with Gasteiger partial charge in [-0.15, -0.1) is 0 Å². The summed E-state index contributed by atoms with van der Waals surface area (Å²) in [5.74, 6) is 1.81. The molecule has 0 heterocycles. The fraction of sp³-hybridized carbons (Fsp3) is 0.833. The molecule has 0 atom stereocenters. The highest BCUT2D eigenvalue weighted by atomic mass is 16.1. The van der Waals surface area contributed by atoms with Gasteiger partial charge in [-0.3, -0.25) is 0 Å². The molecule has 0 spiro atoms. The first-order valence-corrected chi connectivity index (χ1v) is 5.81. The molecule has 82 valence electrons. The van der Waals surface area contributed by atoms with Gasteiger partial charge in [-0.1, -0.05) is 38.5 Å². The van der Waals surface area contributed by atoms with Crippen LogP contribution in [-0.2, 0) is 4.79 Å². The molecule has 0 saturated heterocycles. The second-order valence-corrected chi connectivity index (χ2v) is 3.73. The molecule has 14 heavy (non-hydrogen) atoms. The van der Waals surface area contributed by atoms with E-state index in [4.69, 9.17) is 5.73 Å². The zero-order valence-corrected chi connectivity index (χ0v) is 9.13. The molecule has 0 aromatic carbocycles. The summed E-state index contributed by atoms with van der Waals surface area (Å²) in [6.45, 7) is 0.831. The van der Waals surface area contributed by atoms with Crippen LogP contribution in [0.25, 0.3) is 0 Å². The van der Waals surface area contributed by atoms with Gasteiger partial charge in [0, 0.05) is 0 Å². The van der Waals surface area contributed by atoms with Gasteiger partial charge in [0.2, 0.25) is 0 Å². The van der Waals surface area contributed by atoms with Crippen LogP contribution in [0.5, 0.6) is 0 Å². The third-order valence-corrected chi connectivity index (χ3v) is 2.39. The van der Waals surface area contributed by atoms with E-state index in [1.165, 1.54) is 44.9 Å². The van der Waals surface area contributed by atoms with E-state index in [2.05, 4.69) is 0 Å². The molecular formula is C12H23NO. The summed E-state index contributed by atoms with van der Waals surface area (Å²) in [6.07, 6.45) is 12.6. The maximum atomic E-state index is 9.85. The van der Waals surface area contributed by atoms with Gasteiger partial charge in [0.25, 0.3) is 0 Å². The molecule has 0 aromatic rings. The van der Waals surface area contributed by atoms with Crippen LogP contribution >= 0.6 is 0 Å². The molecule has 0 aliphatic heterocycles. The zero-order chi connectivity index (χ0) is 10.5. The van der Waals surface area contributed by atoms with E-state index in [0.29, 0.717) is 0 Å². The van der Waals surface area contributed by atoms with Crippen LogP contribution in [0, 0.1) is 0 Å². The van der Waals surface area contributed by atoms with Crippen LogP contribution in [0.1, 0.15) is 57.8 Å². The normalized spacial score (nSPS) is 9.79. The molecule has 2 N–H and O–H groups in total. The molecule has 0 aliphatic rings. The molecular weight excluding hydrogens is 174 g/mol. The Labute approximate surface area is 87.6 Å². The SMILES string of the molecule is NCCCCCCCCCCC=C=O. The summed E-state index contributed by atoms with van der Waals surface area (Å²) in [5.41, 5.74) is 5.40. The Bertz CT molecular complexity index is 150. The van der Waals surface area contributed by atoms with Gasteiger partial charge in [0.1, 0.15) is 5.94 Å². The van der Waals surface area contributed by atoms with Crippen LogP contribution < -0.4 is 5.73 Å². The Kier molecular flexibility index (Phi) is 11.9. The lowest BCUT2D eigenvalue weighted by Crippen LogP contribution is -1.97. The predicted octanol–water partition coefficient (Wildman–Crippen LogP) is 2.84. The van der Waals surface area contributed by atoms with Crippen LogP contribution in [0.3, 0.4) is 0 Å². The van der Waals surface area contributed by atoms with Crippen molar-refractivity contribution >= 4 is 5.94 Å². The molecule has 2 nitrogen and oxygen atoms in total. The highest BCUT2D eigenvalue weighted by molar-refractivity contribution is 5.44. The number of hydrogen-bond acceptors (Lipinski definition) is 2. The zero-order valence-electron chi connectivity index (χ0n) is 9.13.